The number of amides is 1. The summed E-state index contributed by atoms with van der Waals surface area (Å²) in [5.41, 5.74) is 1.02. The zero-order valence-corrected chi connectivity index (χ0v) is 17.1. The Morgan fingerprint density at radius 1 is 1.04 bits per heavy atom. The fourth-order valence-electron chi connectivity index (χ4n) is 21.0. The summed E-state index contributed by atoms with van der Waals surface area (Å²) in [6, 6.07) is 10.9. The topological polar surface area (TPSA) is 29.5 Å². The van der Waals surface area contributed by atoms with Gasteiger partial charge in [0.15, 0.2) is 0 Å². The number of ether oxygens (including phenoxy) is 1. The van der Waals surface area contributed by atoms with E-state index < -0.39 is 6.51 Å². The summed E-state index contributed by atoms with van der Waals surface area (Å²) in [6.07, 6.45) is 1.68. The van der Waals surface area contributed by atoms with Crippen LogP contribution in [0.1, 0.15) is 31.4 Å². The molecule has 0 radical (unpaired) electrons. The maximum atomic E-state index is 13.2. The van der Waals surface area contributed by atoms with Crippen LogP contribution in [0.25, 0.3) is 0 Å². The van der Waals surface area contributed by atoms with Crippen molar-refractivity contribution in [2.45, 2.75) is 79.2 Å². The van der Waals surface area contributed by atoms with E-state index in [1.54, 1.807) is 0 Å². The summed E-state index contributed by atoms with van der Waals surface area (Å²) in [4.78, 5) is 27.5. The van der Waals surface area contributed by atoms with Crippen molar-refractivity contribution in [3.63, 3.8) is 0 Å². The predicted molar refractivity (Wildman–Crippen MR) is 99.6 cm³/mol. The summed E-state index contributed by atoms with van der Waals surface area (Å²) >= 11 is 0. The van der Waals surface area contributed by atoms with Gasteiger partial charge in [-0.3, -0.25) is 0 Å². The molecule has 12 aliphatic heterocycles. The van der Waals surface area contributed by atoms with E-state index in [0.717, 1.165) is 10.7 Å². The third kappa shape index (κ3) is 0.214. The Balaban J connectivity index is 1.07. The minimum atomic E-state index is -3.20. The Morgan fingerprint density at radius 2 is 1.68 bits per heavy atom. The first-order valence-corrected chi connectivity index (χ1v) is 17.9. The number of fused-ring (bicyclic) bond motifs is 11. The molecule has 146 valence electrons. The fourth-order valence-corrected chi connectivity index (χ4v) is 96.8. The Kier molecular flexibility index (Phi) is 0.625. The van der Waals surface area contributed by atoms with E-state index in [0.29, 0.717) is 24.9 Å². The molecule has 12 heterocycles. The van der Waals surface area contributed by atoms with E-state index in [9.17, 15) is 4.79 Å². The van der Waals surface area contributed by atoms with Crippen molar-refractivity contribution in [2.24, 2.45) is 5.92 Å². The summed E-state index contributed by atoms with van der Waals surface area (Å²) in [5.74, 6) is 0.999. The van der Waals surface area contributed by atoms with Crippen molar-refractivity contribution in [2.75, 3.05) is 6.61 Å². The molecule has 1 amide bonds. The van der Waals surface area contributed by atoms with Gasteiger partial charge in [0, 0.05) is 0 Å². The zero-order valence-electron chi connectivity index (χ0n) is 16.0. The molecule has 0 aliphatic carbocycles. The van der Waals surface area contributed by atoms with Gasteiger partial charge in [-0.15, -0.1) is 0 Å². The van der Waals surface area contributed by atoms with Crippen LogP contribution in [-0.4, -0.2) is 23.1 Å². The van der Waals surface area contributed by atoms with Crippen LogP contribution in [0.3, 0.4) is 0 Å². The van der Waals surface area contributed by atoms with Gasteiger partial charge in [-0.25, -0.2) is 0 Å². The molecule has 1 spiro atoms. The molecule has 12 fully saturated rings. The Labute approximate surface area is 154 Å². The molecule has 13 rings (SSSR count). The van der Waals surface area contributed by atoms with Crippen LogP contribution in [0.2, 0.25) is 47.7 Å². The molecule has 5 unspecified atom stereocenters. The normalized spacial score (nSPS) is 91.0. The van der Waals surface area contributed by atoms with Gasteiger partial charge in [0.05, 0.1) is 0 Å². The second-order valence-corrected chi connectivity index (χ2v) is 38.4. The van der Waals surface area contributed by atoms with Crippen LogP contribution >= 0.6 is 0 Å². The number of nitrogens with zero attached hydrogens (tertiary/aromatic N) is 1. The minimum absolute atomic E-state index is 0.145. The Bertz CT molecular complexity index is 1440. The molecule has 0 saturated carbocycles. The first-order chi connectivity index (χ1) is 13.4. The summed E-state index contributed by atoms with van der Waals surface area (Å²) in [5, 5.41) is 0. The zero-order chi connectivity index (χ0) is 17.8. The van der Waals surface area contributed by atoms with Crippen molar-refractivity contribution in [1.82, 2.24) is 4.90 Å². The molecular weight excluding hydrogens is 390 g/mol. The van der Waals surface area contributed by atoms with Gasteiger partial charge in [0.25, 0.3) is 0 Å². The second kappa shape index (κ2) is 1.44. The Morgan fingerprint density at radius 3 is 2.21 bits per heavy atom. The molecule has 4 heteroatoms. The first kappa shape index (κ1) is 12.1. The molecule has 12 aliphatic rings. The standard InChI is InChI=1S/C19H20NO2.C5H5.Fe/c1-14(15-7-5-6-8-15)19-12-11-18(21)20(19)17(13-22-19)16-9-3-2-4-10-16;1-2-4-5-3-1;/h2-10,14,17H,11-13H2,1H3;1-5H;/t14?,17-,19+;;/m1../s1. The van der Waals surface area contributed by atoms with Gasteiger partial charge in [-0.05, 0) is 0 Å². The third-order valence-electron chi connectivity index (χ3n) is 19.5. The average Bonchev–Trinajstić information content (AvgIpc) is 3.59. The molecule has 3 nitrogen and oxygen atoms in total. The van der Waals surface area contributed by atoms with Crippen molar-refractivity contribution >= 4 is 5.91 Å². The number of hydrogen-bond acceptors (Lipinski definition) is 2. The summed E-state index contributed by atoms with van der Waals surface area (Å²) in [7, 11) is 0. The van der Waals surface area contributed by atoms with Crippen LogP contribution in [0.4, 0.5) is 0 Å². The van der Waals surface area contributed by atoms with E-state index >= 15 is 0 Å². The SMILES string of the molecule is CC([C]12[CH]3[CH]4[CH]5[CH]1[Fe]45321678[CH]2[CH]1[CH]6[CH]7[CH]28)[C@@]12CCC(=O)N1[C@@H](c1ccccc1)CO2. The van der Waals surface area contributed by atoms with Crippen molar-refractivity contribution in [3.8, 4) is 0 Å². The molecule has 0 bridgehead atoms. The number of benzene rings is 1. The van der Waals surface area contributed by atoms with Crippen LogP contribution < -0.4 is 0 Å². The molecular formula is C24H25FeNO2. The molecule has 0 aromatic heterocycles. The van der Waals surface area contributed by atoms with E-state index in [2.05, 4.69) is 42.2 Å². The maximum absolute atomic E-state index is 13.2. The number of rotatable bonds is 3. The fraction of sp³-hybridized carbons (Fsp3) is 0.708. The van der Waals surface area contributed by atoms with Gasteiger partial charge in [0.2, 0.25) is 0 Å². The van der Waals surface area contributed by atoms with Gasteiger partial charge >= 0.3 is 154 Å². The predicted octanol–water partition coefficient (Wildman–Crippen LogP) is 5.47. The van der Waals surface area contributed by atoms with Crippen LogP contribution in [-0.2, 0) is 16.0 Å². The first-order valence-electron chi connectivity index (χ1n) is 11.6. The van der Waals surface area contributed by atoms with E-state index in [4.69, 9.17) is 4.74 Å². The number of hydrogen-bond donors (Lipinski definition) is 0. The molecule has 1 aromatic rings. The van der Waals surface area contributed by atoms with E-state index in [1.807, 2.05) is 0 Å². The van der Waals surface area contributed by atoms with Crippen molar-refractivity contribution < 1.29 is 16.0 Å². The van der Waals surface area contributed by atoms with Crippen LogP contribution in [0, 0.1) is 5.92 Å². The third-order valence-corrected chi connectivity index (χ3v) is 62.3. The number of carbonyl (C=O) groups excluding carboxylic acids is 1. The number of carbonyl (C=O) groups is 1. The molecule has 7 atom stereocenters. The van der Waals surface area contributed by atoms with Crippen LogP contribution in [0.5, 0.6) is 0 Å². The van der Waals surface area contributed by atoms with Gasteiger partial charge in [-0.1, -0.05) is 0 Å². The quantitative estimate of drug-likeness (QED) is 0.613. The molecule has 1 aromatic carbocycles. The molecule has 28 heavy (non-hydrogen) atoms. The summed E-state index contributed by atoms with van der Waals surface area (Å²) in [6.45, 7) is 0.116. The monoisotopic (exact) mass is 415 g/mol. The molecule has 12 saturated heterocycles. The Hall–Kier alpha value is -0.831. The van der Waals surface area contributed by atoms with Crippen molar-refractivity contribution in [1.29, 1.82) is 0 Å². The van der Waals surface area contributed by atoms with E-state index in [1.165, 1.54) is 48.9 Å². The van der Waals surface area contributed by atoms with Gasteiger partial charge in [-0.2, -0.15) is 0 Å². The van der Waals surface area contributed by atoms with Gasteiger partial charge in [0.1, 0.15) is 0 Å². The summed E-state index contributed by atoms with van der Waals surface area (Å²) < 4.78 is 7.64. The van der Waals surface area contributed by atoms with Crippen molar-refractivity contribution in [3.05, 3.63) is 35.9 Å². The molecule has 0 N–H and O–H groups in total. The average molecular weight is 415 g/mol. The van der Waals surface area contributed by atoms with Crippen LogP contribution in [0.15, 0.2) is 30.3 Å². The van der Waals surface area contributed by atoms with Gasteiger partial charge < -0.3 is 0 Å². The van der Waals surface area contributed by atoms with E-state index in [-0.39, 0.29) is 11.8 Å². The second-order valence-electron chi connectivity index (χ2n) is 14.8.